The second kappa shape index (κ2) is 7.70. The molecule has 22 heavy (non-hydrogen) atoms. The number of aromatic nitrogens is 1. The number of esters is 1. The first-order chi connectivity index (χ1) is 10.6. The van der Waals surface area contributed by atoms with Gasteiger partial charge in [0.25, 0.3) is 5.91 Å². The maximum Gasteiger partial charge on any atom is 0.340 e. The average molecular weight is 363 g/mol. The van der Waals surface area contributed by atoms with Crippen molar-refractivity contribution in [2.75, 3.05) is 6.61 Å². The summed E-state index contributed by atoms with van der Waals surface area (Å²) in [4.78, 5) is 27.4. The molecule has 0 saturated heterocycles. The van der Waals surface area contributed by atoms with Crippen LogP contribution in [0, 0.1) is 0 Å². The summed E-state index contributed by atoms with van der Waals surface area (Å²) in [6.45, 7) is 1.53. The molecule has 1 atom stereocenters. The van der Waals surface area contributed by atoms with Gasteiger partial charge in [0.2, 0.25) is 0 Å². The standard InChI is InChI=1S/C16H15BrN2O3/c1-11(13-6-2-3-7-14(13)17)19-15(20)10-22-16(21)12-5-4-8-18-9-12/h2-9,11H,10H2,1H3,(H,19,20)/t11-/m1/s1. The lowest BCUT2D eigenvalue weighted by molar-refractivity contribution is -0.124. The van der Waals surface area contributed by atoms with Crippen molar-refractivity contribution in [1.82, 2.24) is 10.3 Å². The molecule has 0 aliphatic rings. The number of pyridine rings is 1. The number of carbonyl (C=O) groups is 2. The summed E-state index contributed by atoms with van der Waals surface area (Å²) in [5, 5.41) is 2.78. The Hall–Kier alpha value is -2.21. The van der Waals surface area contributed by atoms with Crippen LogP contribution in [0.25, 0.3) is 0 Å². The highest BCUT2D eigenvalue weighted by Crippen LogP contribution is 2.22. The van der Waals surface area contributed by atoms with Crippen molar-refractivity contribution in [2.45, 2.75) is 13.0 Å². The van der Waals surface area contributed by atoms with E-state index >= 15 is 0 Å². The normalized spacial score (nSPS) is 11.5. The van der Waals surface area contributed by atoms with Crippen molar-refractivity contribution in [3.8, 4) is 0 Å². The second-order valence-electron chi connectivity index (χ2n) is 4.63. The number of hydrogen-bond donors (Lipinski definition) is 1. The molecule has 0 saturated carbocycles. The van der Waals surface area contributed by atoms with Gasteiger partial charge in [0.05, 0.1) is 11.6 Å². The van der Waals surface area contributed by atoms with Crippen molar-refractivity contribution in [2.24, 2.45) is 0 Å². The molecule has 1 aromatic carbocycles. The number of halogens is 1. The van der Waals surface area contributed by atoms with Crippen LogP contribution >= 0.6 is 15.9 Å². The Labute approximate surface area is 136 Å². The van der Waals surface area contributed by atoms with Crippen molar-refractivity contribution in [3.05, 3.63) is 64.4 Å². The fourth-order valence-electron chi connectivity index (χ4n) is 1.89. The number of amides is 1. The van der Waals surface area contributed by atoms with E-state index in [0.29, 0.717) is 5.56 Å². The van der Waals surface area contributed by atoms with E-state index in [4.69, 9.17) is 4.74 Å². The van der Waals surface area contributed by atoms with Crippen LogP contribution < -0.4 is 5.32 Å². The minimum Gasteiger partial charge on any atom is -0.452 e. The minimum atomic E-state index is -0.572. The maximum atomic E-state index is 11.9. The Morgan fingerprint density at radius 2 is 2.05 bits per heavy atom. The van der Waals surface area contributed by atoms with E-state index in [1.54, 1.807) is 18.3 Å². The first kappa shape index (κ1) is 16.2. The lowest BCUT2D eigenvalue weighted by Crippen LogP contribution is -2.31. The SMILES string of the molecule is C[C@@H](NC(=O)COC(=O)c1cccnc1)c1ccccc1Br. The molecule has 0 radical (unpaired) electrons. The molecule has 1 aromatic heterocycles. The number of hydrogen-bond acceptors (Lipinski definition) is 4. The van der Waals surface area contributed by atoms with Crippen LogP contribution in [-0.2, 0) is 9.53 Å². The van der Waals surface area contributed by atoms with Gasteiger partial charge in [-0.25, -0.2) is 4.79 Å². The number of carbonyl (C=O) groups excluding carboxylic acids is 2. The Balaban J connectivity index is 1.86. The van der Waals surface area contributed by atoms with Gasteiger partial charge in [0.15, 0.2) is 6.61 Å². The van der Waals surface area contributed by atoms with Crippen LogP contribution in [0.3, 0.4) is 0 Å². The molecular weight excluding hydrogens is 348 g/mol. The van der Waals surface area contributed by atoms with E-state index in [2.05, 4.69) is 26.2 Å². The molecule has 6 heteroatoms. The first-order valence-electron chi connectivity index (χ1n) is 6.69. The second-order valence-corrected chi connectivity index (χ2v) is 5.48. The van der Waals surface area contributed by atoms with Crippen molar-refractivity contribution >= 4 is 27.8 Å². The topological polar surface area (TPSA) is 68.3 Å². The predicted molar refractivity (Wildman–Crippen MR) is 85.2 cm³/mol. The predicted octanol–water partition coefficient (Wildman–Crippen LogP) is 2.88. The van der Waals surface area contributed by atoms with Gasteiger partial charge in [-0.15, -0.1) is 0 Å². The molecule has 0 aliphatic heterocycles. The average Bonchev–Trinajstić information content (AvgIpc) is 2.53. The van der Waals surface area contributed by atoms with Gasteiger partial charge in [-0.1, -0.05) is 34.1 Å². The molecule has 1 N–H and O–H groups in total. The van der Waals surface area contributed by atoms with Gasteiger partial charge in [-0.2, -0.15) is 0 Å². The van der Waals surface area contributed by atoms with Crippen molar-refractivity contribution in [1.29, 1.82) is 0 Å². The van der Waals surface area contributed by atoms with Gasteiger partial charge >= 0.3 is 5.97 Å². The smallest absolute Gasteiger partial charge is 0.340 e. The number of ether oxygens (including phenoxy) is 1. The highest BCUT2D eigenvalue weighted by Gasteiger charge is 2.14. The molecule has 0 unspecified atom stereocenters. The monoisotopic (exact) mass is 362 g/mol. The van der Waals surface area contributed by atoms with Crippen molar-refractivity contribution < 1.29 is 14.3 Å². The van der Waals surface area contributed by atoms with Gasteiger partial charge in [0, 0.05) is 16.9 Å². The van der Waals surface area contributed by atoms with E-state index in [-0.39, 0.29) is 18.6 Å². The molecule has 0 fully saturated rings. The summed E-state index contributed by atoms with van der Waals surface area (Å²) in [6.07, 6.45) is 2.95. The third kappa shape index (κ3) is 4.39. The maximum absolute atomic E-state index is 11.9. The van der Waals surface area contributed by atoms with Crippen LogP contribution in [0.1, 0.15) is 28.9 Å². The summed E-state index contributed by atoms with van der Waals surface area (Å²) in [7, 11) is 0. The van der Waals surface area contributed by atoms with Crippen LogP contribution in [0.15, 0.2) is 53.3 Å². The van der Waals surface area contributed by atoms with Crippen LogP contribution in [-0.4, -0.2) is 23.5 Å². The molecule has 1 amide bonds. The Morgan fingerprint density at radius 3 is 2.73 bits per heavy atom. The van der Waals surface area contributed by atoms with Gasteiger partial charge < -0.3 is 10.1 Å². The third-order valence-corrected chi connectivity index (χ3v) is 3.70. The zero-order chi connectivity index (χ0) is 15.9. The molecule has 2 rings (SSSR count). The van der Waals surface area contributed by atoms with E-state index in [1.807, 2.05) is 31.2 Å². The summed E-state index contributed by atoms with van der Waals surface area (Å²) in [5.74, 6) is -0.933. The molecular formula is C16H15BrN2O3. The van der Waals surface area contributed by atoms with Crippen LogP contribution in [0.2, 0.25) is 0 Å². The fraction of sp³-hybridized carbons (Fsp3) is 0.188. The summed E-state index contributed by atoms with van der Waals surface area (Å²) < 4.78 is 5.87. The highest BCUT2D eigenvalue weighted by molar-refractivity contribution is 9.10. The molecule has 5 nitrogen and oxygen atoms in total. The number of benzene rings is 1. The Bertz CT molecular complexity index is 661. The van der Waals surface area contributed by atoms with Crippen LogP contribution in [0.4, 0.5) is 0 Å². The molecule has 0 aliphatic carbocycles. The first-order valence-corrected chi connectivity index (χ1v) is 7.48. The van der Waals surface area contributed by atoms with Gasteiger partial charge in [-0.3, -0.25) is 9.78 Å². The summed E-state index contributed by atoms with van der Waals surface area (Å²) in [6, 6.07) is 10.6. The highest BCUT2D eigenvalue weighted by atomic mass is 79.9. The molecule has 1 heterocycles. The molecule has 114 valence electrons. The Morgan fingerprint density at radius 1 is 1.27 bits per heavy atom. The number of nitrogens with one attached hydrogen (secondary N) is 1. The number of rotatable bonds is 5. The van der Waals surface area contributed by atoms with E-state index in [0.717, 1.165) is 10.0 Å². The van der Waals surface area contributed by atoms with Gasteiger partial charge in [-0.05, 0) is 30.7 Å². The minimum absolute atomic E-state index is 0.194. The summed E-state index contributed by atoms with van der Waals surface area (Å²) in [5.41, 5.74) is 1.27. The van der Waals surface area contributed by atoms with Crippen LogP contribution in [0.5, 0.6) is 0 Å². The van der Waals surface area contributed by atoms with E-state index in [1.165, 1.54) is 6.20 Å². The summed E-state index contributed by atoms with van der Waals surface area (Å²) >= 11 is 3.44. The lowest BCUT2D eigenvalue weighted by Gasteiger charge is -2.15. The molecule has 0 bridgehead atoms. The lowest BCUT2D eigenvalue weighted by atomic mass is 10.1. The molecule has 0 spiro atoms. The number of nitrogens with zero attached hydrogens (tertiary/aromatic N) is 1. The van der Waals surface area contributed by atoms with Crippen molar-refractivity contribution in [3.63, 3.8) is 0 Å². The van der Waals surface area contributed by atoms with E-state index < -0.39 is 5.97 Å². The largest absolute Gasteiger partial charge is 0.452 e. The van der Waals surface area contributed by atoms with E-state index in [9.17, 15) is 9.59 Å². The Kier molecular flexibility index (Phi) is 5.66. The third-order valence-electron chi connectivity index (χ3n) is 2.98. The van der Waals surface area contributed by atoms with Gasteiger partial charge in [0.1, 0.15) is 0 Å². The zero-order valence-electron chi connectivity index (χ0n) is 12.0. The molecule has 2 aromatic rings. The quantitative estimate of drug-likeness (QED) is 0.830. The zero-order valence-corrected chi connectivity index (χ0v) is 13.5. The fourth-order valence-corrected chi connectivity index (χ4v) is 2.51.